The van der Waals surface area contributed by atoms with Crippen molar-refractivity contribution in [2.24, 2.45) is 0 Å². The van der Waals surface area contributed by atoms with Crippen molar-refractivity contribution >= 4 is 22.5 Å². The highest BCUT2D eigenvalue weighted by Crippen LogP contribution is 2.26. The van der Waals surface area contributed by atoms with Crippen LogP contribution in [0.4, 0.5) is 11.5 Å². The van der Waals surface area contributed by atoms with Gasteiger partial charge in [0.2, 0.25) is 0 Å². The summed E-state index contributed by atoms with van der Waals surface area (Å²) < 4.78 is 2.02. The van der Waals surface area contributed by atoms with Crippen LogP contribution in [0.25, 0.3) is 11.0 Å². The van der Waals surface area contributed by atoms with Crippen LogP contribution in [0.3, 0.4) is 0 Å². The number of rotatable bonds is 3. The molecule has 0 aliphatic carbocycles. The molecule has 0 N–H and O–H groups in total. The topological polar surface area (TPSA) is 50.1 Å². The molecule has 1 aliphatic heterocycles. The van der Waals surface area contributed by atoms with Crippen LogP contribution in [-0.4, -0.2) is 45.9 Å². The van der Waals surface area contributed by atoms with Crippen LogP contribution >= 0.6 is 0 Å². The molecule has 3 aromatic rings. The number of aryl methyl sites for hydroxylation is 2. The predicted molar refractivity (Wildman–Crippen MR) is 96.6 cm³/mol. The lowest BCUT2D eigenvalue weighted by atomic mass is 10.2. The van der Waals surface area contributed by atoms with Crippen molar-refractivity contribution in [1.29, 1.82) is 0 Å². The van der Waals surface area contributed by atoms with Gasteiger partial charge in [0.05, 0.1) is 5.69 Å². The summed E-state index contributed by atoms with van der Waals surface area (Å²) in [6, 6.07) is 10.6. The quantitative estimate of drug-likeness (QED) is 0.741. The Bertz CT molecular complexity index is 833. The number of para-hydroxylation sites is 1. The van der Waals surface area contributed by atoms with E-state index in [1.165, 1.54) is 5.69 Å². The summed E-state index contributed by atoms with van der Waals surface area (Å²) in [5.74, 6) is 1.01. The Hall–Kier alpha value is -2.63. The van der Waals surface area contributed by atoms with Crippen molar-refractivity contribution in [2.45, 2.75) is 20.4 Å². The number of benzene rings is 1. The molecule has 0 amide bonds. The van der Waals surface area contributed by atoms with Crippen LogP contribution in [-0.2, 0) is 6.54 Å². The van der Waals surface area contributed by atoms with E-state index in [1.807, 2.05) is 11.6 Å². The minimum atomic E-state index is 0.828. The molecule has 0 unspecified atom stereocenters. The standard InChI is InChI=1S/C18H22N6/c1-3-24-17-16(14(2)21-24)19-13-20-18(17)23-11-9-22(10-12-23)15-7-5-4-6-8-15/h4-8,13H,3,9-12H2,1-2H3. The third-order valence-electron chi connectivity index (χ3n) is 4.67. The molecule has 6 heteroatoms. The van der Waals surface area contributed by atoms with E-state index in [0.29, 0.717) is 0 Å². The molecule has 0 bridgehead atoms. The molecule has 0 spiro atoms. The summed E-state index contributed by atoms with van der Waals surface area (Å²) in [5.41, 5.74) is 4.29. The summed E-state index contributed by atoms with van der Waals surface area (Å²) in [4.78, 5) is 13.8. The second kappa shape index (κ2) is 6.11. The van der Waals surface area contributed by atoms with Gasteiger partial charge in [-0.15, -0.1) is 0 Å². The number of aromatic nitrogens is 4. The van der Waals surface area contributed by atoms with E-state index in [4.69, 9.17) is 0 Å². The van der Waals surface area contributed by atoms with Crippen molar-refractivity contribution < 1.29 is 0 Å². The number of nitrogens with zero attached hydrogens (tertiary/aromatic N) is 6. The highest BCUT2D eigenvalue weighted by Gasteiger charge is 2.22. The van der Waals surface area contributed by atoms with E-state index in [2.05, 4.69) is 62.1 Å². The Morgan fingerprint density at radius 3 is 2.38 bits per heavy atom. The fraction of sp³-hybridized carbons (Fsp3) is 0.389. The average Bonchev–Trinajstić information content (AvgIpc) is 2.99. The van der Waals surface area contributed by atoms with E-state index in [9.17, 15) is 0 Å². The van der Waals surface area contributed by atoms with E-state index in [0.717, 1.165) is 55.3 Å². The van der Waals surface area contributed by atoms with Crippen molar-refractivity contribution in [1.82, 2.24) is 19.7 Å². The highest BCUT2D eigenvalue weighted by atomic mass is 15.3. The van der Waals surface area contributed by atoms with Gasteiger partial charge in [-0.25, -0.2) is 9.97 Å². The van der Waals surface area contributed by atoms with E-state index >= 15 is 0 Å². The maximum Gasteiger partial charge on any atom is 0.158 e. The Balaban J connectivity index is 1.61. The maximum atomic E-state index is 4.60. The maximum absolute atomic E-state index is 4.60. The number of hydrogen-bond donors (Lipinski definition) is 0. The molecular formula is C18H22N6. The molecule has 4 rings (SSSR count). The van der Waals surface area contributed by atoms with Crippen LogP contribution < -0.4 is 9.80 Å². The molecule has 1 fully saturated rings. The molecule has 124 valence electrons. The molecule has 0 atom stereocenters. The summed E-state index contributed by atoms with van der Waals surface area (Å²) in [5, 5.41) is 4.60. The molecule has 1 saturated heterocycles. The number of piperazine rings is 1. The number of anilines is 2. The van der Waals surface area contributed by atoms with Crippen LogP contribution in [0.15, 0.2) is 36.7 Å². The lowest BCUT2D eigenvalue weighted by Crippen LogP contribution is -2.47. The minimum absolute atomic E-state index is 0.828. The first-order chi connectivity index (χ1) is 11.8. The van der Waals surface area contributed by atoms with Gasteiger partial charge in [0.15, 0.2) is 5.82 Å². The zero-order valence-electron chi connectivity index (χ0n) is 14.2. The summed E-state index contributed by atoms with van der Waals surface area (Å²) in [6.07, 6.45) is 1.66. The first-order valence-electron chi connectivity index (χ1n) is 8.51. The van der Waals surface area contributed by atoms with Crippen molar-refractivity contribution in [3.05, 3.63) is 42.4 Å². The van der Waals surface area contributed by atoms with Gasteiger partial charge in [-0.2, -0.15) is 5.10 Å². The highest BCUT2D eigenvalue weighted by molar-refractivity contribution is 5.87. The summed E-state index contributed by atoms with van der Waals surface area (Å²) in [6.45, 7) is 8.84. The normalized spacial score (nSPS) is 15.2. The smallest absolute Gasteiger partial charge is 0.158 e. The Morgan fingerprint density at radius 1 is 0.958 bits per heavy atom. The molecule has 0 saturated carbocycles. The van der Waals surface area contributed by atoms with Crippen LogP contribution in [0, 0.1) is 6.92 Å². The zero-order chi connectivity index (χ0) is 16.5. The number of hydrogen-bond acceptors (Lipinski definition) is 5. The number of fused-ring (bicyclic) bond motifs is 1. The van der Waals surface area contributed by atoms with Gasteiger partial charge in [-0.3, -0.25) is 4.68 Å². The Morgan fingerprint density at radius 2 is 1.67 bits per heavy atom. The monoisotopic (exact) mass is 322 g/mol. The van der Waals surface area contributed by atoms with Crippen molar-refractivity contribution in [3.8, 4) is 0 Å². The molecule has 3 heterocycles. The molecule has 6 nitrogen and oxygen atoms in total. The SMILES string of the molecule is CCn1nc(C)c2ncnc(N3CCN(c4ccccc4)CC3)c21. The third-order valence-corrected chi connectivity index (χ3v) is 4.67. The van der Waals surface area contributed by atoms with Crippen molar-refractivity contribution in [3.63, 3.8) is 0 Å². The van der Waals surface area contributed by atoms with Crippen molar-refractivity contribution in [2.75, 3.05) is 36.0 Å². The first kappa shape index (κ1) is 14.9. The lowest BCUT2D eigenvalue weighted by molar-refractivity contribution is 0.640. The van der Waals surface area contributed by atoms with Gasteiger partial charge in [0.25, 0.3) is 0 Å². The van der Waals surface area contributed by atoms with Gasteiger partial charge in [0.1, 0.15) is 17.4 Å². The summed E-state index contributed by atoms with van der Waals surface area (Å²) >= 11 is 0. The molecule has 1 aromatic carbocycles. The van der Waals surface area contributed by atoms with Crippen LogP contribution in [0.5, 0.6) is 0 Å². The predicted octanol–water partition coefficient (Wildman–Crippen LogP) is 2.48. The van der Waals surface area contributed by atoms with Gasteiger partial charge in [-0.1, -0.05) is 18.2 Å². The van der Waals surface area contributed by atoms with Crippen LogP contribution in [0.1, 0.15) is 12.6 Å². The average molecular weight is 322 g/mol. The second-order valence-corrected chi connectivity index (χ2v) is 6.11. The fourth-order valence-electron chi connectivity index (χ4n) is 3.43. The molecular weight excluding hydrogens is 300 g/mol. The minimum Gasteiger partial charge on any atom is -0.368 e. The van der Waals surface area contributed by atoms with Gasteiger partial charge in [0, 0.05) is 38.4 Å². The largest absolute Gasteiger partial charge is 0.368 e. The fourth-order valence-corrected chi connectivity index (χ4v) is 3.43. The Kier molecular flexibility index (Phi) is 3.80. The van der Waals surface area contributed by atoms with E-state index < -0.39 is 0 Å². The zero-order valence-corrected chi connectivity index (χ0v) is 14.2. The second-order valence-electron chi connectivity index (χ2n) is 6.11. The van der Waals surface area contributed by atoms with Gasteiger partial charge >= 0.3 is 0 Å². The van der Waals surface area contributed by atoms with E-state index in [-0.39, 0.29) is 0 Å². The third kappa shape index (κ3) is 2.48. The van der Waals surface area contributed by atoms with E-state index in [1.54, 1.807) is 6.33 Å². The van der Waals surface area contributed by atoms with Gasteiger partial charge < -0.3 is 9.80 Å². The molecule has 1 aliphatic rings. The molecule has 0 radical (unpaired) electrons. The molecule has 2 aromatic heterocycles. The van der Waals surface area contributed by atoms with Gasteiger partial charge in [-0.05, 0) is 26.0 Å². The first-order valence-corrected chi connectivity index (χ1v) is 8.51. The molecule has 24 heavy (non-hydrogen) atoms. The van der Waals surface area contributed by atoms with Crippen LogP contribution in [0.2, 0.25) is 0 Å². The lowest BCUT2D eigenvalue weighted by Gasteiger charge is -2.36. The Labute approximate surface area is 141 Å². The summed E-state index contributed by atoms with van der Waals surface area (Å²) in [7, 11) is 0.